The molecule has 2 aliphatic rings. The van der Waals surface area contributed by atoms with Crippen molar-refractivity contribution < 1.29 is 24.3 Å². The number of imide groups is 1. The van der Waals surface area contributed by atoms with Crippen molar-refractivity contribution in [1.82, 2.24) is 20.4 Å². The van der Waals surface area contributed by atoms with Crippen LogP contribution in [0.15, 0.2) is 72.8 Å². The first-order chi connectivity index (χ1) is 19.9. The molecule has 0 aliphatic carbocycles. The third-order valence-corrected chi connectivity index (χ3v) is 7.64. The lowest BCUT2D eigenvalue weighted by molar-refractivity contribution is -0.136. The number of nitrogens with one attached hydrogen (secondary N) is 2. The number of aliphatic hydroxyl groups is 1. The summed E-state index contributed by atoms with van der Waals surface area (Å²) in [6.45, 7) is 2.85. The average Bonchev–Trinajstić information content (AvgIpc) is 3.31. The molecule has 0 spiro atoms. The molecule has 0 radical (unpaired) electrons. The van der Waals surface area contributed by atoms with E-state index in [-0.39, 0.29) is 37.3 Å². The lowest BCUT2D eigenvalue weighted by Crippen LogP contribution is -2.52. The highest BCUT2D eigenvalue weighted by Crippen LogP contribution is 2.28. The highest BCUT2D eigenvalue weighted by Gasteiger charge is 2.39. The van der Waals surface area contributed by atoms with Crippen LogP contribution >= 0.6 is 0 Å². The van der Waals surface area contributed by atoms with Gasteiger partial charge in [-0.25, -0.2) is 0 Å². The van der Waals surface area contributed by atoms with Gasteiger partial charge in [-0.2, -0.15) is 0 Å². The second-order valence-electron chi connectivity index (χ2n) is 10.5. The van der Waals surface area contributed by atoms with Crippen molar-refractivity contribution in [1.29, 1.82) is 0 Å². The Labute approximate surface area is 239 Å². The number of aliphatic hydroxyl groups excluding tert-OH is 1. The summed E-state index contributed by atoms with van der Waals surface area (Å²) in [7, 11) is 0. The Balaban J connectivity index is 1.14. The molecule has 41 heavy (non-hydrogen) atoms. The standard InChI is InChI=1S/C32H34N4O5/c37-17-16-35(15-14-22-4-2-1-3-5-22)20-24-8-6-23(7-9-24)19-33-30(39)25-10-11-27-26(18-25)21-36(32(27)41)28-12-13-29(38)34-31(28)40/h1-11,18,28,37H,12-17,19-21H2,(H,33,39)(H,34,38,40). The third kappa shape index (κ3) is 6.87. The molecule has 3 N–H and O–H groups in total. The summed E-state index contributed by atoms with van der Waals surface area (Å²) in [5.41, 5.74) is 4.96. The normalized spacial score (nSPS) is 16.6. The van der Waals surface area contributed by atoms with Crippen molar-refractivity contribution in [3.63, 3.8) is 0 Å². The fourth-order valence-electron chi connectivity index (χ4n) is 5.36. The van der Waals surface area contributed by atoms with Gasteiger partial charge in [-0.05, 0) is 53.3 Å². The summed E-state index contributed by atoms with van der Waals surface area (Å²) in [5, 5.41) is 14.7. The maximum absolute atomic E-state index is 12.9. The van der Waals surface area contributed by atoms with Crippen LogP contribution in [0.5, 0.6) is 0 Å². The summed E-state index contributed by atoms with van der Waals surface area (Å²) in [5.74, 6) is -1.30. The molecule has 9 heteroatoms. The number of nitrogens with zero attached hydrogens (tertiary/aromatic N) is 2. The van der Waals surface area contributed by atoms with E-state index < -0.39 is 11.9 Å². The van der Waals surface area contributed by atoms with E-state index in [0.29, 0.717) is 36.2 Å². The van der Waals surface area contributed by atoms with E-state index in [4.69, 9.17) is 0 Å². The first-order valence-corrected chi connectivity index (χ1v) is 13.9. The van der Waals surface area contributed by atoms with Gasteiger partial charge in [0, 0.05) is 50.3 Å². The zero-order valence-corrected chi connectivity index (χ0v) is 22.8. The summed E-state index contributed by atoms with van der Waals surface area (Å²) >= 11 is 0. The number of fused-ring (bicyclic) bond motifs is 1. The molecule has 1 fully saturated rings. The fraction of sp³-hybridized carbons (Fsp3) is 0.312. The third-order valence-electron chi connectivity index (χ3n) is 7.64. The largest absolute Gasteiger partial charge is 0.395 e. The van der Waals surface area contributed by atoms with Gasteiger partial charge in [-0.1, -0.05) is 54.6 Å². The summed E-state index contributed by atoms with van der Waals surface area (Å²) in [6, 6.07) is 22.6. The highest BCUT2D eigenvalue weighted by molar-refractivity contribution is 6.06. The molecule has 1 saturated heterocycles. The quantitative estimate of drug-likeness (QED) is 0.313. The zero-order chi connectivity index (χ0) is 28.8. The van der Waals surface area contributed by atoms with E-state index in [1.54, 1.807) is 18.2 Å². The van der Waals surface area contributed by atoms with E-state index >= 15 is 0 Å². The van der Waals surface area contributed by atoms with Gasteiger partial charge in [0.15, 0.2) is 0 Å². The number of carbonyl (C=O) groups is 4. The SMILES string of the molecule is O=C1CCC(N2Cc3cc(C(=O)NCc4ccc(CN(CCO)CCc5ccccc5)cc4)ccc3C2=O)C(=O)N1. The summed E-state index contributed by atoms with van der Waals surface area (Å²) in [4.78, 5) is 53.2. The zero-order valence-electron chi connectivity index (χ0n) is 22.8. The first-order valence-electron chi connectivity index (χ1n) is 13.9. The van der Waals surface area contributed by atoms with Crippen LogP contribution in [0, 0.1) is 0 Å². The second kappa shape index (κ2) is 12.9. The maximum atomic E-state index is 12.9. The van der Waals surface area contributed by atoms with Gasteiger partial charge < -0.3 is 15.3 Å². The molecule has 2 aliphatic heterocycles. The van der Waals surface area contributed by atoms with Crippen molar-refractivity contribution in [2.24, 2.45) is 0 Å². The van der Waals surface area contributed by atoms with E-state index in [9.17, 15) is 24.3 Å². The second-order valence-corrected chi connectivity index (χ2v) is 10.5. The van der Waals surface area contributed by atoms with Crippen molar-refractivity contribution in [3.8, 4) is 0 Å². The van der Waals surface area contributed by atoms with Crippen LogP contribution in [0.4, 0.5) is 0 Å². The Hall–Kier alpha value is -4.34. The fourth-order valence-corrected chi connectivity index (χ4v) is 5.36. The number of carbonyl (C=O) groups excluding carboxylic acids is 4. The topological polar surface area (TPSA) is 119 Å². The van der Waals surface area contributed by atoms with Crippen molar-refractivity contribution >= 4 is 23.6 Å². The van der Waals surface area contributed by atoms with E-state index in [1.807, 2.05) is 42.5 Å². The van der Waals surface area contributed by atoms with Gasteiger partial charge in [-0.15, -0.1) is 0 Å². The molecular weight excluding hydrogens is 520 g/mol. The lowest BCUT2D eigenvalue weighted by atomic mass is 10.0. The molecule has 1 atom stereocenters. The number of hydrogen-bond donors (Lipinski definition) is 3. The average molecular weight is 555 g/mol. The molecule has 9 nitrogen and oxygen atoms in total. The Morgan fingerprint density at radius 3 is 2.44 bits per heavy atom. The first kappa shape index (κ1) is 28.2. The lowest BCUT2D eigenvalue weighted by Gasteiger charge is -2.29. The molecule has 0 aromatic heterocycles. The van der Waals surface area contributed by atoms with Crippen molar-refractivity contribution in [3.05, 3.63) is 106 Å². The predicted octanol–water partition coefficient (Wildman–Crippen LogP) is 2.41. The van der Waals surface area contributed by atoms with Gasteiger partial charge in [0.05, 0.1) is 6.61 Å². The molecule has 3 aromatic rings. The minimum atomic E-state index is -0.688. The van der Waals surface area contributed by atoms with Crippen molar-refractivity contribution in [2.75, 3.05) is 19.7 Å². The van der Waals surface area contributed by atoms with Crippen molar-refractivity contribution in [2.45, 2.75) is 44.9 Å². The number of benzene rings is 3. The van der Waals surface area contributed by atoms with Crippen LogP contribution < -0.4 is 10.6 Å². The molecule has 0 saturated carbocycles. The van der Waals surface area contributed by atoms with Gasteiger partial charge in [0.2, 0.25) is 11.8 Å². The van der Waals surface area contributed by atoms with Gasteiger partial charge in [0.25, 0.3) is 11.8 Å². The van der Waals surface area contributed by atoms with Crippen LogP contribution in [0.3, 0.4) is 0 Å². The number of hydrogen-bond acceptors (Lipinski definition) is 6. The maximum Gasteiger partial charge on any atom is 0.255 e. The highest BCUT2D eigenvalue weighted by atomic mass is 16.3. The Morgan fingerprint density at radius 2 is 1.71 bits per heavy atom. The van der Waals surface area contributed by atoms with Gasteiger partial charge >= 0.3 is 0 Å². The predicted molar refractivity (Wildman–Crippen MR) is 153 cm³/mol. The van der Waals surface area contributed by atoms with Crippen LogP contribution in [0.25, 0.3) is 0 Å². The molecule has 4 amide bonds. The molecule has 212 valence electrons. The van der Waals surface area contributed by atoms with Gasteiger partial charge in [-0.3, -0.25) is 29.4 Å². The minimum absolute atomic E-state index is 0.102. The van der Waals surface area contributed by atoms with Crippen LogP contribution in [0.1, 0.15) is 55.8 Å². The molecular formula is C32H34N4O5. The Kier molecular flexibility index (Phi) is 8.86. The van der Waals surface area contributed by atoms with E-state index in [0.717, 1.165) is 30.6 Å². The van der Waals surface area contributed by atoms with E-state index in [2.05, 4.69) is 27.7 Å². The summed E-state index contributed by atoms with van der Waals surface area (Å²) < 4.78 is 0. The van der Waals surface area contributed by atoms with Gasteiger partial charge in [0.1, 0.15) is 6.04 Å². The smallest absolute Gasteiger partial charge is 0.255 e. The van der Waals surface area contributed by atoms with Crippen LogP contribution in [0.2, 0.25) is 0 Å². The van der Waals surface area contributed by atoms with Crippen LogP contribution in [-0.2, 0) is 35.6 Å². The molecule has 0 bridgehead atoms. The Morgan fingerprint density at radius 1 is 0.951 bits per heavy atom. The minimum Gasteiger partial charge on any atom is -0.395 e. The monoisotopic (exact) mass is 554 g/mol. The molecule has 3 aromatic carbocycles. The molecule has 1 unspecified atom stereocenters. The molecule has 5 rings (SSSR count). The van der Waals surface area contributed by atoms with E-state index in [1.165, 1.54) is 10.5 Å². The molecule has 2 heterocycles. The number of piperidine rings is 1. The number of rotatable bonds is 11. The number of amides is 4. The Bertz CT molecular complexity index is 1420. The van der Waals surface area contributed by atoms with Crippen LogP contribution in [-0.4, -0.2) is 64.3 Å². The summed E-state index contributed by atoms with van der Waals surface area (Å²) in [6.07, 6.45) is 1.40.